The van der Waals surface area contributed by atoms with Crippen molar-refractivity contribution in [2.24, 2.45) is 0 Å². The van der Waals surface area contributed by atoms with E-state index in [0.717, 1.165) is 6.42 Å². The van der Waals surface area contributed by atoms with Crippen LogP contribution in [0.2, 0.25) is 0 Å². The van der Waals surface area contributed by atoms with E-state index in [1.807, 2.05) is 12.2 Å². The van der Waals surface area contributed by atoms with Crippen LogP contribution in [0.3, 0.4) is 0 Å². The molecule has 0 N–H and O–H groups in total. The van der Waals surface area contributed by atoms with Crippen molar-refractivity contribution in [3.05, 3.63) is 43.9 Å². The summed E-state index contributed by atoms with van der Waals surface area (Å²) in [6.07, 6.45) is 11.6. The van der Waals surface area contributed by atoms with Crippen molar-refractivity contribution >= 4 is 11.6 Å². The molecule has 66 valence electrons. The number of alkyl halides is 1. The van der Waals surface area contributed by atoms with Gasteiger partial charge in [0.25, 0.3) is 0 Å². The fraction of sp³-hybridized carbons (Fsp3) is 0.300. The molecule has 0 fully saturated rings. The van der Waals surface area contributed by atoms with Gasteiger partial charge < -0.3 is 6.92 Å². The Kier molecular flexibility index (Phi) is 33.9. The van der Waals surface area contributed by atoms with E-state index in [1.54, 1.807) is 13.0 Å². The van der Waals surface area contributed by atoms with Crippen LogP contribution in [0.1, 0.15) is 13.3 Å². The van der Waals surface area contributed by atoms with Gasteiger partial charge in [-0.2, -0.15) is 13.0 Å². The van der Waals surface area contributed by atoms with E-state index < -0.39 is 0 Å². The molecule has 2 heteroatoms. The largest absolute Gasteiger partial charge is 2.00 e. The second-order valence-corrected chi connectivity index (χ2v) is 1.75. The number of halogens is 1. The minimum atomic E-state index is 0. The maximum atomic E-state index is 5.07. The van der Waals surface area contributed by atoms with Crippen molar-refractivity contribution in [3.63, 3.8) is 0 Å². The first kappa shape index (κ1) is 18.1. The Labute approximate surface area is 96.3 Å². The van der Waals surface area contributed by atoms with Crippen molar-refractivity contribution < 1.29 is 21.7 Å². The average Bonchev–Trinajstić information content (AvgIpc) is 2.65. The number of allylic oxidation sites excluding steroid dienone is 5. The minimum Gasteiger partial charge on any atom is -0.346 e. The summed E-state index contributed by atoms with van der Waals surface area (Å²) in [7, 11) is 0. The summed E-state index contributed by atoms with van der Waals surface area (Å²) in [5.74, 6) is 0.556. The minimum absolute atomic E-state index is 0. The maximum Gasteiger partial charge on any atom is 2.00 e. The van der Waals surface area contributed by atoms with Gasteiger partial charge in [-0.15, -0.1) is 24.6 Å². The van der Waals surface area contributed by atoms with Crippen LogP contribution in [0.4, 0.5) is 0 Å². The zero-order valence-corrected chi connectivity index (χ0v) is 9.83. The SMILES string of the molecule is C=CCCl.[C-]1=CC=CC1.[CH2-]C.[Ti+2]. The summed E-state index contributed by atoms with van der Waals surface area (Å²) < 4.78 is 0. The summed E-state index contributed by atoms with van der Waals surface area (Å²) in [5, 5.41) is 0. The third kappa shape index (κ3) is 22.5. The normalized spacial score (nSPS) is 9.92. The van der Waals surface area contributed by atoms with Gasteiger partial charge in [-0.05, 0) is 0 Å². The third-order valence-electron chi connectivity index (χ3n) is 0.695. The van der Waals surface area contributed by atoms with Gasteiger partial charge >= 0.3 is 21.7 Å². The maximum absolute atomic E-state index is 5.07. The first-order chi connectivity index (χ1) is 5.41. The second-order valence-electron chi connectivity index (χ2n) is 1.45. The van der Waals surface area contributed by atoms with Crippen LogP contribution in [-0.2, 0) is 21.7 Å². The van der Waals surface area contributed by atoms with E-state index in [2.05, 4.69) is 25.7 Å². The predicted molar refractivity (Wildman–Crippen MR) is 53.5 cm³/mol. The van der Waals surface area contributed by atoms with E-state index in [9.17, 15) is 0 Å². The van der Waals surface area contributed by atoms with Crippen LogP contribution in [0, 0.1) is 13.0 Å². The van der Waals surface area contributed by atoms with E-state index in [0.29, 0.717) is 5.88 Å². The first-order valence-corrected chi connectivity index (χ1v) is 4.04. The summed E-state index contributed by atoms with van der Waals surface area (Å²) in [5.41, 5.74) is 0. The molecule has 0 aromatic carbocycles. The van der Waals surface area contributed by atoms with Crippen molar-refractivity contribution in [2.45, 2.75) is 13.3 Å². The molecule has 1 aliphatic carbocycles. The summed E-state index contributed by atoms with van der Waals surface area (Å²) in [6.45, 7) is 8.35. The second kappa shape index (κ2) is 22.5. The van der Waals surface area contributed by atoms with Gasteiger partial charge in [-0.3, -0.25) is 6.08 Å². The van der Waals surface area contributed by atoms with Gasteiger partial charge in [-0.1, -0.05) is 6.08 Å². The standard InChI is InChI=1S/C5H5.C3H5Cl.C2H5.Ti/c1-2-4-5-3-1;1-2-3-4;1-2;/h1-3H,4H2;2H,1,3H2;1H2,2H3;/q-1;;-1;+2. The van der Waals surface area contributed by atoms with E-state index in [4.69, 9.17) is 11.6 Å². The van der Waals surface area contributed by atoms with Gasteiger partial charge in [0.15, 0.2) is 0 Å². The van der Waals surface area contributed by atoms with Crippen LogP contribution < -0.4 is 0 Å². The van der Waals surface area contributed by atoms with Gasteiger partial charge in [0.05, 0.1) is 0 Å². The van der Waals surface area contributed by atoms with Crippen LogP contribution in [-0.4, -0.2) is 5.88 Å². The summed E-state index contributed by atoms with van der Waals surface area (Å²) >= 11 is 5.07. The quantitative estimate of drug-likeness (QED) is 0.273. The molecule has 0 atom stereocenters. The van der Waals surface area contributed by atoms with Crippen LogP contribution in [0.15, 0.2) is 30.9 Å². The van der Waals surface area contributed by atoms with Crippen molar-refractivity contribution in [3.8, 4) is 0 Å². The summed E-state index contributed by atoms with van der Waals surface area (Å²) in [4.78, 5) is 0. The molecule has 0 nitrogen and oxygen atoms in total. The molecule has 0 spiro atoms. The molecule has 0 aliphatic heterocycles. The molecule has 0 aromatic heterocycles. The molecule has 0 radical (unpaired) electrons. The fourth-order valence-electron chi connectivity index (χ4n) is 0.340. The number of hydrogen-bond donors (Lipinski definition) is 0. The Bertz CT molecular complexity index is 107. The molecule has 0 aromatic rings. The zero-order chi connectivity index (χ0) is 8.95. The molecular formula is C10H15ClTi. The first-order valence-electron chi connectivity index (χ1n) is 3.51. The molecule has 0 bridgehead atoms. The molecule has 0 saturated heterocycles. The molecular weight excluding hydrogens is 203 g/mol. The van der Waals surface area contributed by atoms with Crippen LogP contribution in [0.25, 0.3) is 0 Å². The molecule has 0 unspecified atom stereocenters. The van der Waals surface area contributed by atoms with Gasteiger partial charge in [0.1, 0.15) is 0 Å². The average molecular weight is 219 g/mol. The van der Waals surface area contributed by atoms with Crippen LogP contribution in [0.5, 0.6) is 0 Å². The van der Waals surface area contributed by atoms with E-state index in [-0.39, 0.29) is 21.7 Å². The Morgan fingerprint density at radius 2 is 2.17 bits per heavy atom. The van der Waals surface area contributed by atoms with Gasteiger partial charge in [-0.25, -0.2) is 12.2 Å². The Morgan fingerprint density at radius 1 is 1.67 bits per heavy atom. The Morgan fingerprint density at radius 3 is 2.25 bits per heavy atom. The third-order valence-corrected chi connectivity index (χ3v) is 0.913. The molecule has 0 amide bonds. The predicted octanol–water partition coefficient (Wildman–Crippen LogP) is 3.55. The molecule has 0 saturated carbocycles. The Hall–Kier alpha value is 0.224. The van der Waals surface area contributed by atoms with E-state index in [1.165, 1.54) is 0 Å². The zero-order valence-electron chi connectivity index (χ0n) is 7.52. The van der Waals surface area contributed by atoms with Gasteiger partial charge in [0.2, 0.25) is 0 Å². The fourth-order valence-corrected chi connectivity index (χ4v) is 0.340. The smallest absolute Gasteiger partial charge is 0.346 e. The van der Waals surface area contributed by atoms with Crippen LogP contribution >= 0.6 is 11.6 Å². The van der Waals surface area contributed by atoms with Crippen molar-refractivity contribution in [2.75, 3.05) is 5.88 Å². The molecule has 1 aliphatic rings. The van der Waals surface area contributed by atoms with Crippen molar-refractivity contribution in [1.82, 2.24) is 0 Å². The number of rotatable bonds is 1. The Balaban J connectivity index is -0.000000107. The topological polar surface area (TPSA) is 0 Å². The number of hydrogen-bond acceptors (Lipinski definition) is 0. The summed E-state index contributed by atoms with van der Waals surface area (Å²) in [6, 6.07) is 0. The van der Waals surface area contributed by atoms with Gasteiger partial charge in [0, 0.05) is 5.88 Å². The molecule has 0 heterocycles. The molecule has 12 heavy (non-hydrogen) atoms. The van der Waals surface area contributed by atoms with Crippen molar-refractivity contribution in [1.29, 1.82) is 0 Å². The monoisotopic (exact) mass is 218 g/mol. The van der Waals surface area contributed by atoms with E-state index >= 15 is 0 Å². The molecule has 1 rings (SSSR count).